The van der Waals surface area contributed by atoms with Crippen LogP contribution < -0.4 is 9.47 Å². The maximum Gasteiger partial charge on any atom is 0.252 e. The topological polar surface area (TPSA) is 94.8 Å². The normalized spacial score (nSPS) is 19.8. The second-order valence-corrected chi connectivity index (χ2v) is 9.77. The molecule has 0 N–H and O–H groups in total. The van der Waals surface area contributed by atoms with Gasteiger partial charge in [-0.3, -0.25) is 0 Å². The van der Waals surface area contributed by atoms with Crippen molar-refractivity contribution < 1.29 is 22.4 Å². The molecule has 0 aliphatic carbocycles. The molecule has 8 nitrogen and oxygen atoms in total. The molecule has 5 rings (SSSR count). The third-order valence-electron chi connectivity index (χ3n) is 4.90. The van der Waals surface area contributed by atoms with E-state index in [9.17, 15) is 8.42 Å². The van der Waals surface area contributed by atoms with Crippen LogP contribution in [0, 0.1) is 0 Å². The second-order valence-electron chi connectivity index (χ2n) is 6.66. The molecule has 2 aliphatic heterocycles. The lowest BCUT2D eigenvalue weighted by molar-refractivity contribution is 0.174. The van der Waals surface area contributed by atoms with E-state index in [1.165, 1.54) is 15.6 Å². The molecule has 0 saturated carbocycles. The Hall–Kier alpha value is -2.43. The maximum atomic E-state index is 12.8. The van der Waals surface area contributed by atoms with Crippen LogP contribution in [0.5, 0.6) is 11.5 Å². The summed E-state index contributed by atoms with van der Waals surface area (Å²) in [6.45, 7) is 1.04. The first-order valence-electron chi connectivity index (χ1n) is 8.88. The van der Waals surface area contributed by atoms with Gasteiger partial charge in [0.05, 0.1) is 5.92 Å². The Labute approximate surface area is 165 Å². The molecule has 1 atom stereocenters. The van der Waals surface area contributed by atoms with Crippen molar-refractivity contribution in [2.75, 3.05) is 19.9 Å². The van der Waals surface area contributed by atoms with Crippen LogP contribution in [0.15, 0.2) is 44.4 Å². The van der Waals surface area contributed by atoms with Gasteiger partial charge in [0.1, 0.15) is 4.21 Å². The molecule has 10 heteroatoms. The summed E-state index contributed by atoms with van der Waals surface area (Å²) in [6, 6.07) is 8.84. The molecular weight excluding hydrogens is 402 g/mol. The summed E-state index contributed by atoms with van der Waals surface area (Å²) in [6.07, 6.45) is 1.55. The third kappa shape index (κ3) is 3.07. The number of hydrogen-bond donors (Lipinski definition) is 0. The molecular formula is C18H17N3O5S2. The fraction of sp³-hybridized carbons (Fsp3) is 0.333. The molecule has 2 aliphatic rings. The molecule has 3 aromatic rings. The van der Waals surface area contributed by atoms with Gasteiger partial charge in [-0.25, -0.2) is 8.42 Å². The summed E-state index contributed by atoms with van der Waals surface area (Å²) >= 11 is 1.23. The van der Waals surface area contributed by atoms with Gasteiger partial charge in [-0.1, -0.05) is 11.2 Å². The molecule has 1 aromatic carbocycles. The van der Waals surface area contributed by atoms with Crippen LogP contribution in [0.2, 0.25) is 0 Å². The largest absolute Gasteiger partial charge is 0.454 e. The zero-order valence-electron chi connectivity index (χ0n) is 14.8. The van der Waals surface area contributed by atoms with Crippen molar-refractivity contribution in [3.8, 4) is 22.9 Å². The van der Waals surface area contributed by atoms with Crippen LogP contribution in [-0.2, 0) is 10.0 Å². The van der Waals surface area contributed by atoms with Crippen molar-refractivity contribution in [3.63, 3.8) is 0 Å². The van der Waals surface area contributed by atoms with E-state index in [0.717, 1.165) is 18.4 Å². The molecule has 4 heterocycles. The first-order valence-corrected chi connectivity index (χ1v) is 11.2. The van der Waals surface area contributed by atoms with Gasteiger partial charge < -0.3 is 14.0 Å². The van der Waals surface area contributed by atoms with Crippen LogP contribution in [0.25, 0.3) is 11.4 Å². The molecule has 146 valence electrons. The van der Waals surface area contributed by atoms with Crippen molar-refractivity contribution in [2.45, 2.75) is 23.0 Å². The van der Waals surface area contributed by atoms with E-state index in [1.54, 1.807) is 17.5 Å². The van der Waals surface area contributed by atoms with Gasteiger partial charge >= 0.3 is 0 Å². The molecule has 0 spiro atoms. The number of rotatable bonds is 4. The van der Waals surface area contributed by atoms with E-state index >= 15 is 0 Å². The van der Waals surface area contributed by atoms with Crippen molar-refractivity contribution in [3.05, 3.63) is 41.6 Å². The summed E-state index contributed by atoms with van der Waals surface area (Å²) in [5.41, 5.74) is 0.762. The number of nitrogens with zero attached hydrogens (tertiary/aromatic N) is 3. The van der Waals surface area contributed by atoms with E-state index in [2.05, 4.69) is 10.1 Å². The standard InChI is InChI=1S/C18H17N3O5S2/c22-28(23,16-4-2-8-27-16)21-7-1-3-13(10-21)18-19-17(20-26-18)12-5-6-14-15(9-12)25-11-24-14/h2,4-6,8-9,13H,1,3,7,10-11H2/t13-/m0/s1. The minimum atomic E-state index is -3.48. The first-order chi connectivity index (χ1) is 13.6. The minimum Gasteiger partial charge on any atom is -0.454 e. The van der Waals surface area contributed by atoms with Gasteiger partial charge in [0.25, 0.3) is 10.0 Å². The fourth-order valence-corrected chi connectivity index (χ4v) is 6.12. The summed E-state index contributed by atoms with van der Waals surface area (Å²) in [4.78, 5) is 4.52. The predicted molar refractivity (Wildman–Crippen MR) is 101 cm³/mol. The van der Waals surface area contributed by atoms with Crippen molar-refractivity contribution in [1.82, 2.24) is 14.4 Å². The van der Waals surface area contributed by atoms with Gasteiger partial charge in [-0.2, -0.15) is 9.29 Å². The first kappa shape index (κ1) is 17.7. The zero-order chi connectivity index (χ0) is 19.1. The van der Waals surface area contributed by atoms with Crippen molar-refractivity contribution >= 4 is 21.4 Å². The number of ether oxygens (including phenoxy) is 2. The van der Waals surface area contributed by atoms with Gasteiger partial charge in [-0.15, -0.1) is 11.3 Å². The van der Waals surface area contributed by atoms with Crippen molar-refractivity contribution in [2.24, 2.45) is 0 Å². The number of thiophene rings is 1. The number of aromatic nitrogens is 2. The Morgan fingerprint density at radius 3 is 2.93 bits per heavy atom. The summed E-state index contributed by atoms with van der Waals surface area (Å²) in [7, 11) is -3.48. The second kappa shape index (κ2) is 6.87. The van der Waals surface area contributed by atoms with E-state index in [-0.39, 0.29) is 12.7 Å². The highest BCUT2D eigenvalue weighted by atomic mass is 32.2. The zero-order valence-corrected chi connectivity index (χ0v) is 16.4. The Morgan fingerprint density at radius 2 is 2.07 bits per heavy atom. The molecule has 1 fully saturated rings. The number of benzene rings is 1. The number of sulfonamides is 1. The highest BCUT2D eigenvalue weighted by Gasteiger charge is 2.34. The van der Waals surface area contributed by atoms with Crippen LogP contribution in [0.1, 0.15) is 24.7 Å². The Balaban J connectivity index is 1.37. The minimum absolute atomic E-state index is 0.126. The smallest absolute Gasteiger partial charge is 0.252 e. The SMILES string of the molecule is O=S(=O)(c1cccs1)N1CCC[C@H](c2nc(-c3ccc4c(c3)OCO4)no2)C1. The summed E-state index contributed by atoms with van der Waals surface area (Å²) in [5, 5.41) is 5.84. The summed E-state index contributed by atoms with van der Waals surface area (Å²) < 4.78 is 43.7. The highest BCUT2D eigenvalue weighted by molar-refractivity contribution is 7.91. The van der Waals surface area contributed by atoms with Crippen LogP contribution in [-0.4, -0.2) is 42.7 Å². The van der Waals surface area contributed by atoms with E-state index in [4.69, 9.17) is 14.0 Å². The average Bonchev–Trinajstić information content (AvgIpc) is 3.49. The van der Waals surface area contributed by atoms with Gasteiger partial charge in [-0.05, 0) is 42.5 Å². The lowest BCUT2D eigenvalue weighted by atomic mass is 10.00. The fourth-order valence-electron chi connectivity index (χ4n) is 3.45. The van der Waals surface area contributed by atoms with E-state index in [0.29, 0.717) is 40.5 Å². The lowest BCUT2D eigenvalue weighted by Gasteiger charge is -2.29. The molecule has 0 radical (unpaired) electrons. The monoisotopic (exact) mass is 419 g/mol. The molecule has 28 heavy (non-hydrogen) atoms. The number of fused-ring (bicyclic) bond motifs is 1. The maximum absolute atomic E-state index is 12.8. The predicted octanol–water partition coefficient (Wildman–Crippen LogP) is 3.10. The molecule has 1 saturated heterocycles. The Morgan fingerprint density at radius 1 is 1.18 bits per heavy atom. The third-order valence-corrected chi connectivity index (χ3v) is 8.13. The molecule has 0 bridgehead atoms. The highest BCUT2D eigenvalue weighted by Crippen LogP contribution is 2.36. The van der Waals surface area contributed by atoms with Gasteiger partial charge in [0.2, 0.25) is 18.5 Å². The molecule has 0 unspecified atom stereocenters. The van der Waals surface area contributed by atoms with Gasteiger partial charge in [0.15, 0.2) is 11.5 Å². The van der Waals surface area contributed by atoms with E-state index < -0.39 is 10.0 Å². The Kier molecular flexibility index (Phi) is 4.33. The van der Waals surface area contributed by atoms with Crippen LogP contribution in [0.3, 0.4) is 0 Å². The Bertz CT molecular complexity index is 1090. The molecule has 2 aromatic heterocycles. The average molecular weight is 419 g/mol. The molecule has 0 amide bonds. The van der Waals surface area contributed by atoms with Gasteiger partial charge in [0, 0.05) is 18.7 Å². The van der Waals surface area contributed by atoms with Crippen LogP contribution in [0.4, 0.5) is 0 Å². The lowest BCUT2D eigenvalue weighted by Crippen LogP contribution is -2.38. The number of piperidine rings is 1. The summed E-state index contributed by atoms with van der Waals surface area (Å²) in [5.74, 6) is 2.12. The van der Waals surface area contributed by atoms with Crippen molar-refractivity contribution in [1.29, 1.82) is 0 Å². The van der Waals surface area contributed by atoms with Crippen LogP contribution >= 0.6 is 11.3 Å². The quantitative estimate of drug-likeness (QED) is 0.641. The number of hydrogen-bond acceptors (Lipinski definition) is 8. The van der Waals surface area contributed by atoms with E-state index in [1.807, 2.05) is 18.2 Å².